The maximum absolute atomic E-state index is 12.2. The van der Waals surface area contributed by atoms with Crippen LogP contribution in [-0.2, 0) is 14.3 Å². The maximum atomic E-state index is 12.2. The standard InChI is InChI=1S/C12H22N2O3/c1-8(9(2)13)11(15)14-7-5-4-6-10(14)12(16)17-3/h8-10H,4-7,13H2,1-3H3. The minimum absolute atomic E-state index is 0.0462. The number of methoxy groups -OCH3 is 1. The first-order chi connectivity index (χ1) is 7.99. The van der Waals surface area contributed by atoms with Gasteiger partial charge in [-0.05, 0) is 26.2 Å². The van der Waals surface area contributed by atoms with Crippen LogP contribution in [0, 0.1) is 5.92 Å². The third kappa shape index (κ3) is 3.19. The van der Waals surface area contributed by atoms with Crippen LogP contribution in [-0.4, -0.2) is 42.5 Å². The van der Waals surface area contributed by atoms with Gasteiger partial charge in [0.05, 0.1) is 13.0 Å². The zero-order chi connectivity index (χ0) is 13.0. The lowest BCUT2D eigenvalue weighted by Crippen LogP contribution is -2.52. The fourth-order valence-electron chi connectivity index (χ4n) is 2.06. The summed E-state index contributed by atoms with van der Waals surface area (Å²) in [6.07, 6.45) is 2.57. The van der Waals surface area contributed by atoms with Crippen LogP contribution in [0.3, 0.4) is 0 Å². The van der Waals surface area contributed by atoms with Gasteiger partial charge in [-0.15, -0.1) is 0 Å². The van der Waals surface area contributed by atoms with E-state index in [2.05, 4.69) is 0 Å². The number of ether oxygens (including phenoxy) is 1. The molecule has 0 aromatic carbocycles. The Bertz CT molecular complexity index is 291. The molecule has 3 atom stereocenters. The van der Waals surface area contributed by atoms with Crippen LogP contribution in [0.15, 0.2) is 0 Å². The molecule has 1 amide bonds. The fourth-order valence-corrected chi connectivity index (χ4v) is 2.06. The number of carbonyl (C=O) groups excluding carboxylic acids is 2. The van der Waals surface area contributed by atoms with Crippen LogP contribution in [0.4, 0.5) is 0 Å². The van der Waals surface area contributed by atoms with Crippen LogP contribution in [0.2, 0.25) is 0 Å². The van der Waals surface area contributed by atoms with Crippen molar-refractivity contribution in [2.45, 2.75) is 45.2 Å². The minimum Gasteiger partial charge on any atom is -0.467 e. The van der Waals surface area contributed by atoms with Crippen molar-refractivity contribution >= 4 is 11.9 Å². The van der Waals surface area contributed by atoms with E-state index in [0.717, 1.165) is 12.8 Å². The molecule has 0 radical (unpaired) electrons. The lowest BCUT2D eigenvalue weighted by molar-refractivity contribution is -0.156. The Hall–Kier alpha value is -1.10. The van der Waals surface area contributed by atoms with Crippen molar-refractivity contribution in [2.24, 2.45) is 11.7 Å². The average Bonchev–Trinajstić information content (AvgIpc) is 2.35. The number of nitrogens with two attached hydrogens (primary N) is 1. The molecule has 2 N–H and O–H groups in total. The smallest absolute Gasteiger partial charge is 0.328 e. The summed E-state index contributed by atoms with van der Waals surface area (Å²) in [7, 11) is 1.36. The van der Waals surface area contributed by atoms with Gasteiger partial charge in [-0.25, -0.2) is 4.79 Å². The van der Waals surface area contributed by atoms with Gasteiger partial charge < -0.3 is 15.4 Å². The number of amides is 1. The van der Waals surface area contributed by atoms with Crippen LogP contribution in [0.25, 0.3) is 0 Å². The second-order valence-corrected chi connectivity index (χ2v) is 4.71. The number of rotatable bonds is 3. The second-order valence-electron chi connectivity index (χ2n) is 4.71. The van der Waals surface area contributed by atoms with Gasteiger partial charge in [-0.3, -0.25) is 4.79 Å². The first-order valence-electron chi connectivity index (χ1n) is 6.13. The molecule has 1 saturated heterocycles. The summed E-state index contributed by atoms with van der Waals surface area (Å²) in [5.74, 6) is -0.634. The molecule has 1 aliphatic rings. The molecular weight excluding hydrogens is 220 g/mol. The van der Waals surface area contributed by atoms with Crippen molar-refractivity contribution in [3.05, 3.63) is 0 Å². The number of likely N-dealkylation sites (tertiary alicyclic amines) is 1. The Labute approximate surface area is 102 Å². The van der Waals surface area contributed by atoms with Gasteiger partial charge in [-0.2, -0.15) is 0 Å². The van der Waals surface area contributed by atoms with E-state index in [0.29, 0.717) is 13.0 Å². The Balaban J connectivity index is 2.77. The molecular formula is C12H22N2O3. The molecule has 98 valence electrons. The molecule has 1 heterocycles. The summed E-state index contributed by atoms with van der Waals surface area (Å²) in [6, 6.07) is -0.634. The predicted molar refractivity (Wildman–Crippen MR) is 64.2 cm³/mol. The summed E-state index contributed by atoms with van der Waals surface area (Å²) >= 11 is 0. The maximum Gasteiger partial charge on any atom is 0.328 e. The first-order valence-corrected chi connectivity index (χ1v) is 6.13. The number of hydrogen-bond donors (Lipinski definition) is 1. The lowest BCUT2D eigenvalue weighted by atomic mass is 9.97. The molecule has 0 bridgehead atoms. The largest absolute Gasteiger partial charge is 0.467 e. The van der Waals surface area contributed by atoms with Crippen LogP contribution < -0.4 is 5.73 Å². The quantitative estimate of drug-likeness (QED) is 0.732. The van der Waals surface area contributed by atoms with E-state index >= 15 is 0 Å². The molecule has 0 spiro atoms. The SMILES string of the molecule is COC(=O)C1CCCCN1C(=O)C(C)C(C)N. The molecule has 5 nitrogen and oxygen atoms in total. The number of esters is 1. The van der Waals surface area contributed by atoms with Crippen molar-refractivity contribution in [1.29, 1.82) is 0 Å². The molecule has 0 aromatic rings. The molecule has 17 heavy (non-hydrogen) atoms. The molecule has 1 fully saturated rings. The zero-order valence-corrected chi connectivity index (χ0v) is 10.8. The number of hydrogen-bond acceptors (Lipinski definition) is 4. The lowest BCUT2D eigenvalue weighted by Gasteiger charge is -2.36. The average molecular weight is 242 g/mol. The highest BCUT2D eigenvalue weighted by molar-refractivity contribution is 5.86. The molecule has 0 saturated carbocycles. The topological polar surface area (TPSA) is 72.6 Å². The second kappa shape index (κ2) is 6.00. The molecule has 1 rings (SSSR count). The Morgan fingerprint density at radius 3 is 2.53 bits per heavy atom. The first kappa shape index (κ1) is 14.0. The van der Waals surface area contributed by atoms with E-state index in [9.17, 15) is 9.59 Å². The number of piperidine rings is 1. The molecule has 3 unspecified atom stereocenters. The summed E-state index contributed by atoms with van der Waals surface area (Å²) in [4.78, 5) is 25.5. The summed E-state index contributed by atoms with van der Waals surface area (Å²) in [6.45, 7) is 4.23. The van der Waals surface area contributed by atoms with Gasteiger partial charge in [0.15, 0.2) is 0 Å². The Kier molecular flexibility index (Phi) is 4.93. The van der Waals surface area contributed by atoms with Crippen molar-refractivity contribution in [3.8, 4) is 0 Å². The van der Waals surface area contributed by atoms with Crippen molar-refractivity contribution in [1.82, 2.24) is 4.90 Å². The highest BCUT2D eigenvalue weighted by Gasteiger charge is 2.35. The van der Waals surface area contributed by atoms with Gasteiger partial charge in [0, 0.05) is 12.6 Å². The third-order valence-corrected chi connectivity index (χ3v) is 3.44. The van der Waals surface area contributed by atoms with Crippen LogP contribution in [0.1, 0.15) is 33.1 Å². The van der Waals surface area contributed by atoms with E-state index < -0.39 is 6.04 Å². The third-order valence-electron chi connectivity index (χ3n) is 3.44. The summed E-state index contributed by atoms with van der Waals surface area (Å²) in [5, 5.41) is 0. The highest BCUT2D eigenvalue weighted by Crippen LogP contribution is 2.21. The van der Waals surface area contributed by atoms with E-state index in [4.69, 9.17) is 10.5 Å². The van der Waals surface area contributed by atoms with Crippen molar-refractivity contribution < 1.29 is 14.3 Å². The molecule has 0 aliphatic carbocycles. The van der Waals surface area contributed by atoms with E-state index in [1.54, 1.807) is 18.7 Å². The Morgan fingerprint density at radius 1 is 1.35 bits per heavy atom. The molecule has 5 heteroatoms. The van der Waals surface area contributed by atoms with Gasteiger partial charge in [0.25, 0.3) is 0 Å². The van der Waals surface area contributed by atoms with Crippen LogP contribution >= 0.6 is 0 Å². The van der Waals surface area contributed by atoms with E-state index in [1.807, 2.05) is 0 Å². The summed E-state index contributed by atoms with van der Waals surface area (Å²) < 4.78 is 4.75. The predicted octanol–water partition coefficient (Wildman–Crippen LogP) is 0.524. The van der Waals surface area contributed by atoms with Gasteiger partial charge in [0.2, 0.25) is 5.91 Å². The normalized spacial score (nSPS) is 24.0. The van der Waals surface area contributed by atoms with Gasteiger partial charge in [0.1, 0.15) is 6.04 Å². The summed E-state index contributed by atoms with van der Waals surface area (Å²) in [5.41, 5.74) is 5.73. The number of nitrogens with zero attached hydrogens (tertiary/aromatic N) is 1. The van der Waals surface area contributed by atoms with E-state index in [-0.39, 0.29) is 23.8 Å². The number of carbonyl (C=O) groups is 2. The van der Waals surface area contributed by atoms with Crippen molar-refractivity contribution in [2.75, 3.05) is 13.7 Å². The van der Waals surface area contributed by atoms with Gasteiger partial charge in [-0.1, -0.05) is 6.92 Å². The fraction of sp³-hybridized carbons (Fsp3) is 0.833. The monoisotopic (exact) mass is 242 g/mol. The molecule has 1 aliphatic heterocycles. The zero-order valence-electron chi connectivity index (χ0n) is 10.8. The highest BCUT2D eigenvalue weighted by atomic mass is 16.5. The minimum atomic E-state index is -0.428. The van der Waals surface area contributed by atoms with E-state index in [1.165, 1.54) is 7.11 Å². The van der Waals surface area contributed by atoms with Gasteiger partial charge >= 0.3 is 5.97 Å². The molecule has 0 aromatic heterocycles. The van der Waals surface area contributed by atoms with Crippen LogP contribution in [0.5, 0.6) is 0 Å². The Morgan fingerprint density at radius 2 is 2.00 bits per heavy atom. The van der Waals surface area contributed by atoms with Crippen molar-refractivity contribution in [3.63, 3.8) is 0 Å².